The number of hydrogen-bond acceptors (Lipinski definition) is 5. The maximum atomic E-state index is 12.9. The van der Waals surface area contributed by atoms with Gasteiger partial charge in [-0.15, -0.1) is 0 Å². The minimum absolute atomic E-state index is 0.271. The fourth-order valence-corrected chi connectivity index (χ4v) is 3.49. The highest BCUT2D eigenvalue weighted by molar-refractivity contribution is 6.30. The maximum Gasteiger partial charge on any atom is 0.321 e. The molecule has 1 saturated carbocycles. The molecule has 7 nitrogen and oxygen atoms in total. The minimum atomic E-state index is -0.801. The largest absolute Gasteiger partial charge is 0.455 e. The van der Waals surface area contributed by atoms with Crippen LogP contribution in [0.15, 0.2) is 24.3 Å². The van der Waals surface area contributed by atoms with Crippen molar-refractivity contribution in [2.24, 2.45) is 0 Å². The fourth-order valence-electron chi connectivity index (χ4n) is 3.29. The second kappa shape index (κ2) is 10.3. The Morgan fingerprint density at radius 1 is 1.19 bits per heavy atom. The SMILES string of the molecule is COCCNC(=O)NC(=O)COC(=O)C1(c2cccc(Cl)c2)CCCCC1. The van der Waals surface area contributed by atoms with Crippen LogP contribution in [0.3, 0.4) is 0 Å². The highest BCUT2D eigenvalue weighted by atomic mass is 35.5. The number of ether oxygens (including phenoxy) is 2. The first-order valence-corrected chi connectivity index (χ1v) is 9.35. The number of nitrogens with one attached hydrogen (secondary N) is 2. The van der Waals surface area contributed by atoms with E-state index in [9.17, 15) is 14.4 Å². The highest BCUT2D eigenvalue weighted by Gasteiger charge is 2.43. The second-order valence-corrected chi connectivity index (χ2v) is 6.96. The minimum Gasteiger partial charge on any atom is -0.455 e. The Kier molecular flexibility index (Phi) is 8.06. The Balaban J connectivity index is 1.96. The van der Waals surface area contributed by atoms with E-state index in [1.807, 2.05) is 6.07 Å². The summed E-state index contributed by atoms with van der Waals surface area (Å²) in [6, 6.07) is 6.54. The number of esters is 1. The van der Waals surface area contributed by atoms with Crippen LogP contribution in [0.4, 0.5) is 4.79 Å². The van der Waals surface area contributed by atoms with Crippen molar-refractivity contribution in [1.29, 1.82) is 0 Å². The lowest BCUT2D eigenvalue weighted by atomic mass is 9.69. The average molecular weight is 397 g/mol. The van der Waals surface area contributed by atoms with Crippen LogP contribution < -0.4 is 10.6 Å². The Morgan fingerprint density at radius 2 is 1.93 bits per heavy atom. The Morgan fingerprint density at radius 3 is 2.59 bits per heavy atom. The van der Waals surface area contributed by atoms with Crippen molar-refractivity contribution in [3.8, 4) is 0 Å². The number of urea groups is 1. The average Bonchev–Trinajstić information content (AvgIpc) is 2.67. The van der Waals surface area contributed by atoms with Gasteiger partial charge in [0.15, 0.2) is 6.61 Å². The van der Waals surface area contributed by atoms with E-state index in [4.69, 9.17) is 21.1 Å². The second-order valence-electron chi connectivity index (χ2n) is 6.53. The van der Waals surface area contributed by atoms with Crippen LogP contribution in [0.1, 0.15) is 37.7 Å². The van der Waals surface area contributed by atoms with Gasteiger partial charge in [-0.3, -0.25) is 14.9 Å². The van der Waals surface area contributed by atoms with Crippen LogP contribution in [0.2, 0.25) is 5.02 Å². The number of rotatable bonds is 7. The van der Waals surface area contributed by atoms with Gasteiger partial charge in [0.05, 0.1) is 12.0 Å². The number of halogens is 1. The van der Waals surface area contributed by atoms with Gasteiger partial charge < -0.3 is 14.8 Å². The molecule has 1 aliphatic carbocycles. The quantitative estimate of drug-likeness (QED) is 0.545. The Bertz CT molecular complexity index is 674. The van der Waals surface area contributed by atoms with E-state index in [0.29, 0.717) is 24.5 Å². The molecule has 0 unspecified atom stereocenters. The molecule has 1 aliphatic rings. The molecule has 0 saturated heterocycles. The Hall–Kier alpha value is -2.12. The van der Waals surface area contributed by atoms with Gasteiger partial charge in [0.25, 0.3) is 5.91 Å². The first kappa shape index (κ1) is 21.2. The first-order chi connectivity index (χ1) is 13.0. The molecule has 0 aromatic heterocycles. The van der Waals surface area contributed by atoms with Gasteiger partial charge in [-0.05, 0) is 30.5 Å². The van der Waals surface area contributed by atoms with Crippen LogP contribution >= 0.6 is 11.6 Å². The molecule has 148 valence electrons. The summed E-state index contributed by atoms with van der Waals surface area (Å²) in [5.41, 5.74) is 0.00173. The standard InChI is InChI=1S/C19H25ClN2O5/c1-26-11-10-21-18(25)22-16(23)13-27-17(24)19(8-3-2-4-9-19)14-6-5-7-15(20)12-14/h5-7,12H,2-4,8-11,13H2,1H3,(H2,21,22,23,25). The van der Waals surface area contributed by atoms with E-state index in [1.54, 1.807) is 18.2 Å². The van der Waals surface area contributed by atoms with Gasteiger partial charge in [-0.2, -0.15) is 0 Å². The number of amides is 3. The predicted octanol–water partition coefficient (Wildman–Crippen LogP) is 2.56. The molecule has 1 fully saturated rings. The molecule has 0 spiro atoms. The maximum absolute atomic E-state index is 12.9. The van der Waals surface area contributed by atoms with Crippen LogP contribution in [0, 0.1) is 0 Å². The molecule has 0 heterocycles. The lowest BCUT2D eigenvalue weighted by molar-refractivity contribution is -0.155. The third-order valence-electron chi connectivity index (χ3n) is 4.65. The zero-order chi connectivity index (χ0) is 19.7. The van der Waals surface area contributed by atoms with E-state index >= 15 is 0 Å². The molecule has 8 heteroatoms. The smallest absolute Gasteiger partial charge is 0.321 e. The lowest BCUT2D eigenvalue weighted by Crippen LogP contribution is -2.44. The molecule has 3 amide bonds. The zero-order valence-electron chi connectivity index (χ0n) is 15.4. The fraction of sp³-hybridized carbons (Fsp3) is 0.526. The number of benzene rings is 1. The topological polar surface area (TPSA) is 93.7 Å². The molecule has 0 radical (unpaired) electrons. The molecule has 2 N–H and O–H groups in total. The van der Waals surface area contributed by atoms with Crippen LogP contribution in [-0.2, 0) is 24.5 Å². The summed E-state index contributed by atoms with van der Waals surface area (Å²) >= 11 is 6.10. The van der Waals surface area contributed by atoms with E-state index in [0.717, 1.165) is 24.8 Å². The number of methoxy groups -OCH3 is 1. The monoisotopic (exact) mass is 396 g/mol. The van der Waals surface area contributed by atoms with Crippen molar-refractivity contribution < 1.29 is 23.9 Å². The summed E-state index contributed by atoms with van der Waals surface area (Å²) in [7, 11) is 1.51. The van der Waals surface area contributed by atoms with E-state index in [1.165, 1.54) is 7.11 Å². The van der Waals surface area contributed by atoms with Crippen molar-refractivity contribution in [1.82, 2.24) is 10.6 Å². The molecule has 1 aromatic rings. The third-order valence-corrected chi connectivity index (χ3v) is 4.89. The highest BCUT2D eigenvalue weighted by Crippen LogP contribution is 2.41. The summed E-state index contributed by atoms with van der Waals surface area (Å²) in [4.78, 5) is 36.3. The summed E-state index contributed by atoms with van der Waals surface area (Å²) in [6.07, 6.45) is 4.14. The van der Waals surface area contributed by atoms with Crippen molar-refractivity contribution in [2.45, 2.75) is 37.5 Å². The molecule has 27 heavy (non-hydrogen) atoms. The van der Waals surface area contributed by atoms with Gasteiger partial charge >= 0.3 is 12.0 Å². The number of hydrogen-bond donors (Lipinski definition) is 2. The number of carbonyl (C=O) groups is 3. The number of imide groups is 1. The number of carbonyl (C=O) groups excluding carboxylic acids is 3. The van der Waals surface area contributed by atoms with E-state index < -0.39 is 29.9 Å². The summed E-state index contributed by atoms with van der Waals surface area (Å²) in [5, 5.41) is 5.12. The van der Waals surface area contributed by atoms with Gasteiger partial charge in [0.2, 0.25) is 0 Å². The van der Waals surface area contributed by atoms with Crippen LogP contribution in [0.5, 0.6) is 0 Å². The van der Waals surface area contributed by atoms with E-state index in [2.05, 4.69) is 10.6 Å². The molecule has 2 rings (SSSR count). The molecule has 0 atom stereocenters. The third kappa shape index (κ3) is 5.94. The van der Waals surface area contributed by atoms with Crippen molar-refractivity contribution >= 4 is 29.5 Å². The van der Waals surface area contributed by atoms with Gasteiger partial charge in [0, 0.05) is 18.7 Å². The molecule has 0 aliphatic heterocycles. The van der Waals surface area contributed by atoms with Crippen molar-refractivity contribution in [3.63, 3.8) is 0 Å². The molecule has 0 bridgehead atoms. The van der Waals surface area contributed by atoms with Crippen molar-refractivity contribution in [3.05, 3.63) is 34.9 Å². The van der Waals surface area contributed by atoms with Gasteiger partial charge in [-0.25, -0.2) is 4.79 Å². The summed E-state index contributed by atoms with van der Waals surface area (Å²) in [5.74, 6) is -1.14. The molecular weight excluding hydrogens is 372 g/mol. The summed E-state index contributed by atoms with van der Waals surface area (Å²) in [6.45, 7) is 0.0882. The van der Waals surface area contributed by atoms with Crippen LogP contribution in [0.25, 0.3) is 0 Å². The zero-order valence-corrected chi connectivity index (χ0v) is 16.1. The van der Waals surface area contributed by atoms with Crippen molar-refractivity contribution in [2.75, 3.05) is 26.9 Å². The molecule has 1 aromatic carbocycles. The lowest BCUT2D eigenvalue weighted by Gasteiger charge is -2.35. The normalized spacial score (nSPS) is 15.6. The van der Waals surface area contributed by atoms with E-state index in [-0.39, 0.29) is 6.54 Å². The predicted molar refractivity (Wildman–Crippen MR) is 101 cm³/mol. The summed E-state index contributed by atoms with van der Waals surface area (Å²) < 4.78 is 10.1. The molecular formula is C19H25ClN2O5. The van der Waals surface area contributed by atoms with Gasteiger partial charge in [0.1, 0.15) is 0 Å². The van der Waals surface area contributed by atoms with Gasteiger partial charge in [-0.1, -0.05) is 43.0 Å². The van der Waals surface area contributed by atoms with Crippen LogP contribution in [-0.4, -0.2) is 44.8 Å². The Labute approximate surface area is 163 Å². The first-order valence-electron chi connectivity index (χ1n) is 8.98.